The number of hydrogen-bond donors (Lipinski definition) is 2. The van der Waals surface area contributed by atoms with Crippen molar-refractivity contribution in [2.75, 3.05) is 51.7 Å². The molecule has 4 heterocycles. The molecule has 0 radical (unpaired) electrons. The maximum atomic E-state index is 12.9. The summed E-state index contributed by atoms with van der Waals surface area (Å²) in [5.74, 6) is -0.197. The number of carbonyl (C=O) groups is 1. The number of H-pyrrole nitrogens is 1. The zero-order chi connectivity index (χ0) is 24.4. The molecular formula is C24H31N5O4S2. The van der Waals surface area contributed by atoms with Gasteiger partial charge in [0.15, 0.2) is 0 Å². The number of sulfonamides is 1. The number of benzene rings is 1. The van der Waals surface area contributed by atoms with Crippen LogP contribution in [0.2, 0.25) is 0 Å². The molecule has 0 saturated carbocycles. The quantitative estimate of drug-likeness (QED) is 0.474. The lowest BCUT2D eigenvalue weighted by Gasteiger charge is -2.31. The van der Waals surface area contributed by atoms with E-state index in [9.17, 15) is 13.2 Å². The molecule has 2 fully saturated rings. The summed E-state index contributed by atoms with van der Waals surface area (Å²) in [7, 11) is -3.28. The third-order valence-electron chi connectivity index (χ3n) is 7.00. The lowest BCUT2D eigenvalue weighted by atomic mass is 9.91. The Balaban J connectivity index is 1.28. The van der Waals surface area contributed by atoms with Crippen molar-refractivity contribution >= 4 is 38.2 Å². The number of aromatic amines is 1. The molecule has 1 amide bonds. The molecule has 1 aromatic carbocycles. The largest absolute Gasteiger partial charge is 0.379 e. The van der Waals surface area contributed by atoms with E-state index in [0.717, 1.165) is 54.4 Å². The van der Waals surface area contributed by atoms with Crippen molar-refractivity contribution in [1.29, 1.82) is 0 Å². The minimum Gasteiger partial charge on any atom is -0.379 e. The van der Waals surface area contributed by atoms with Crippen LogP contribution in [0.5, 0.6) is 0 Å². The molecule has 3 N–H and O–H groups in total. The molecule has 2 aromatic heterocycles. The second kappa shape index (κ2) is 10.4. The number of rotatable bonds is 8. The van der Waals surface area contributed by atoms with Gasteiger partial charge in [-0.1, -0.05) is 6.07 Å². The van der Waals surface area contributed by atoms with Gasteiger partial charge in [-0.05, 0) is 54.9 Å². The van der Waals surface area contributed by atoms with Gasteiger partial charge in [0.05, 0.1) is 24.5 Å². The van der Waals surface area contributed by atoms with E-state index in [1.54, 1.807) is 21.7 Å². The highest BCUT2D eigenvalue weighted by Gasteiger charge is 2.30. The molecule has 0 atom stereocenters. The van der Waals surface area contributed by atoms with Gasteiger partial charge in [0.25, 0.3) is 5.91 Å². The standard InChI is InChI=1S/C24H31N5O4S2/c25-24(30)20-16-18(21-3-1-13-34-21)15-19-22(26-27-23(19)20)17-4-7-29(8-5-17)35(31,32)14-2-6-28-9-11-33-12-10-28/h1,3,13,15-17H,2,4-12,14H2,(H2,25,30)(H,26,27). The molecule has 2 aliphatic rings. The monoisotopic (exact) mass is 517 g/mol. The maximum Gasteiger partial charge on any atom is 0.251 e. The first-order chi connectivity index (χ1) is 16.9. The topological polar surface area (TPSA) is 122 Å². The molecule has 5 rings (SSSR count). The number of amides is 1. The number of ether oxygens (including phenoxy) is 1. The summed E-state index contributed by atoms with van der Waals surface area (Å²) in [5, 5.41) is 10.4. The van der Waals surface area contributed by atoms with E-state index in [-0.39, 0.29) is 11.7 Å². The number of nitrogens with one attached hydrogen (secondary N) is 1. The number of aromatic nitrogens is 2. The molecule has 3 aromatic rings. The minimum atomic E-state index is -3.28. The van der Waals surface area contributed by atoms with Gasteiger partial charge in [-0.2, -0.15) is 5.10 Å². The van der Waals surface area contributed by atoms with Gasteiger partial charge >= 0.3 is 0 Å². The van der Waals surface area contributed by atoms with Gasteiger partial charge in [-0.25, -0.2) is 12.7 Å². The molecular weight excluding hydrogens is 486 g/mol. The predicted molar refractivity (Wildman–Crippen MR) is 137 cm³/mol. The van der Waals surface area contributed by atoms with Crippen molar-refractivity contribution < 1.29 is 17.9 Å². The zero-order valence-electron chi connectivity index (χ0n) is 19.6. The number of thiophene rings is 1. The van der Waals surface area contributed by atoms with Crippen molar-refractivity contribution in [1.82, 2.24) is 19.4 Å². The number of hydrogen-bond acceptors (Lipinski definition) is 7. The number of nitrogens with two attached hydrogens (primary N) is 1. The van der Waals surface area contributed by atoms with Crippen LogP contribution in [0.25, 0.3) is 21.3 Å². The SMILES string of the molecule is NC(=O)c1cc(-c2cccs2)cc2c(C3CCN(S(=O)(=O)CCCN4CCOCC4)CC3)[nH]nc12. The number of morpholine rings is 1. The van der Waals surface area contributed by atoms with Crippen LogP contribution in [0.15, 0.2) is 29.6 Å². The van der Waals surface area contributed by atoms with E-state index in [1.165, 1.54) is 0 Å². The third-order valence-corrected chi connectivity index (χ3v) is 9.87. The first kappa shape index (κ1) is 24.4. The van der Waals surface area contributed by atoms with Crippen LogP contribution in [0.3, 0.4) is 0 Å². The molecule has 2 aliphatic heterocycles. The van der Waals surface area contributed by atoms with Crippen molar-refractivity contribution in [2.24, 2.45) is 5.73 Å². The van der Waals surface area contributed by atoms with Crippen molar-refractivity contribution in [3.8, 4) is 10.4 Å². The number of fused-ring (bicyclic) bond motifs is 1. The van der Waals surface area contributed by atoms with Crippen LogP contribution in [-0.4, -0.2) is 85.4 Å². The summed E-state index contributed by atoms with van der Waals surface area (Å²) in [6.45, 7) is 4.94. The molecule has 9 nitrogen and oxygen atoms in total. The number of piperidine rings is 1. The minimum absolute atomic E-state index is 0.138. The summed E-state index contributed by atoms with van der Waals surface area (Å²) in [6, 6.07) is 7.84. The van der Waals surface area contributed by atoms with Crippen LogP contribution >= 0.6 is 11.3 Å². The Hall–Kier alpha value is -2.31. The molecule has 2 saturated heterocycles. The summed E-state index contributed by atoms with van der Waals surface area (Å²) in [4.78, 5) is 15.5. The van der Waals surface area contributed by atoms with E-state index >= 15 is 0 Å². The Labute approximate surface area is 209 Å². The second-order valence-electron chi connectivity index (χ2n) is 9.20. The average Bonchev–Trinajstić information content (AvgIpc) is 3.54. The molecule has 11 heteroatoms. The Bertz CT molecular complexity index is 1270. The summed E-state index contributed by atoms with van der Waals surface area (Å²) < 4.78 is 32.9. The predicted octanol–water partition coefficient (Wildman–Crippen LogP) is 2.62. The smallest absolute Gasteiger partial charge is 0.251 e. The fourth-order valence-corrected chi connectivity index (χ4v) is 7.30. The highest BCUT2D eigenvalue weighted by molar-refractivity contribution is 7.89. The summed E-state index contributed by atoms with van der Waals surface area (Å²) in [6.07, 6.45) is 2.04. The van der Waals surface area contributed by atoms with E-state index in [1.807, 2.05) is 17.5 Å². The van der Waals surface area contributed by atoms with E-state index in [0.29, 0.717) is 43.4 Å². The van der Waals surface area contributed by atoms with Crippen LogP contribution in [0.1, 0.15) is 41.2 Å². The molecule has 0 spiro atoms. The third kappa shape index (κ3) is 5.29. The van der Waals surface area contributed by atoms with Gasteiger partial charge in [0.1, 0.15) is 5.52 Å². The Morgan fingerprint density at radius 2 is 1.97 bits per heavy atom. The van der Waals surface area contributed by atoms with Gasteiger partial charge in [0, 0.05) is 48.1 Å². The highest BCUT2D eigenvalue weighted by Crippen LogP contribution is 2.36. The molecule has 188 valence electrons. The van der Waals surface area contributed by atoms with Gasteiger partial charge in [-0.15, -0.1) is 11.3 Å². The molecule has 0 aliphatic carbocycles. The van der Waals surface area contributed by atoms with E-state index < -0.39 is 15.9 Å². The fourth-order valence-electron chi connectivity index (χ4n) is 5.07. The summed E-state index contributed by atoms with van der Waals surface area (Å²) in [5.41, 5.74) is 8.53. The first-order valence-electron chi connectivity index (χ1n) is 12.1. The number of carbonyl (C=O) groups excluding carboxylic acids is 1. The second-order valence-corrected chi connectivity index (χ2v) is 12.2. The highest BCUT2D eigenvalue weighted by atomic mass is 32.2. The zero-order valence-corrected chi connectivity index (χ0v) is 21.2. The van der Waals surface area contributed by atoms with Crippen molar-refractivity contribution in [3.63, 3.8) is 0 Å². The molecule has 35 heavy (non-hydrogen) atoms. The first-order valence-corrected chi connectivity index (χ1v) is 14.5. The summed E-state index contributed by atoms with van der Waals surface area (Å²) >= 11 is 1.60. The van der Waals surface area contributed by atoms with Crippen molar-refractivity contribution in [3.05, 3.63) is 40.9 Å². The van der Waals surface area contributed by atoms with Crippen molar-refractivity contribution in [2.45, 2.75) is 25.2 Å². The Morgan fingerprint density at radius 3 is 2.66 bits per heavy atom. The lowest BCUT2D eigenvalue weighted by molar-refractivity contribution is 0.0380. The van der Waals surface area contributed by atoms with Gasteiger partial charge in [-0.3, -0.25) is 14.8 Å². The van der Waals surface area contributed by atoms with Crippen LogP contribution in [0.4, 0.5) is 0 Å². The van der Waals surface area contributed by atoms with E-state index in [4.69, 9.17) is 10.5 Å². The normalized spacial score (nSPS) is 18.9. The average molecular weight is 518 g/mol. The van der Waals surface area contributed by atoms with Crippen LogP contribution in [0, 0.1) is 0 Å². The molecule has 0 bridgehead atoms. The van der Waals surface area contributed by atoms with Crippen LogP contribution in [-0.2, 0) is 14.8 Å². The van der Waals surface area contributed by atoms with Gasteiger partial charge in [0.2, 0.25) is 10.0 Å². The van der Waals surface area contributed by atoms with E-state index in [2.05, 4.69) is 21.2 Å². The van der Waals surface area contributed by atoms with Crippen LogP contribution < -0.4 is 5.73 Å². The fraction of sp³-hybridized carbons (Fsp3) is 0.500. The molecule has 0 unspecified atom stereocenters. The maximum absolute atomic E-state index is 12.9. The lowest BCUT2D eigenvalue weighted by Crippen LogP contribution is -2.41. The number of nitrogens with zero attached hydrogens (tertiary/aromatic N) is 3. The van der Waals surface area contributed by atoms with Gasteiger partial charge < -0.3 is 10.5 Å². The Morgan fingerprint density at radius 1 is 1.20 bits per heavy atom. The Kier molecular flexibility index (Phi) is 7.21. The number of primary amides is 1.